The molecule has 0 saturated heterocycles. The number of hydrogen-bond acceptors (Lipinski definition) is 9. The molecule has 0 bridgehead atoms. The molecule has 0 heterocycles. The molecule has 0 aliphatic carbocycles. The van der Waals surface area contributed by atoms with Crippen LogP contribution in [0.2, 0.25) is 0 Å². The molecule has 0 aliphatic rings. The van der Waals surface area contributed by atoms with Crippen molar-refractivity contribution in [1.82, 2.24) is 0 Å². The predicted octanol–water partition coefficient (Wildman–Crippen LogP) is -10.8. The molecule has 106 valence electrons. The molecule has 0 aromatic heterocycles. The van der Waals surface area contributed by atoms with E-state index in [4.69, 9.17) is 25.9 Å². The molecule has 0 atom stereocenters. The van der Waals surface area contributed by atoms with E-state index in [1.807, 2.05) is 0 Å². The maximum absolute atomic E-state index is 10.3. The second-order valence-electron chi connectivity index (χ2n) is 2.83. The van der Waals surface area contributed by atoms with Gasteiger partial charge in [-0.25, -0.2) is 4.79 Å². The van der Waals surface area contributed by atoms with Gasteiger partial charge in [0.05, 0.1) is 0 Å². The summed E-state index contributed by atoms with van der Waals surface area (Å²) in [5, 5.41) is 37.2. The van der Waals surface area contributed by atoms with Gasteiger partial charge in [-0.3, -0.25) is 0 Å². The summed E-state index contributed by atoms with van der Waals surface area (Å²) in [5.74, 6) is -5.65. The second kappa shape index (κ2) is 12.4. The zero-order valence-electron chi connectivity index (χ0n) is 10.4. The zero-order valence-corrected chi connectivity index (χ0v) is 16.7. The molecular weight excluding hydrogens is 365 g/mol. The minimum atomic E-state index is -5.38. The van der Waals surface area contributed by atoms with E-state index >= 15 is 0 Å². The first-order valence-electron chi connectivity index (χ1n) is 3.76. The van der Waals surface area contributed by atoms with Crippen LogP contribution >= 0.6 is 0 Å². The van der Waals surface area contributed by atoms with Gasteiger partial charge >= 0.3 is 116 Å². The van der Waals surface area contributed by atoms with Crippen molar-refractivity contribution >= 4 is 17.9 Å². The summed E-state index contributed by atoms with van der Waals surface area (Å²) in [6, 6.07) is 0. The normalized spacial score (nSPS) is 9.90. The van der Waals surface area contributed by atoms with Crippen molar-refractivity contribution < 1.29 is 144 Å². The number of carbonyl (C=O) groups is 3. The van der Waals surface area contributed by atoms with Crippen LogP contribution in [0.4, 0.5) is 0 Å². The van der Waals surface area contributed by atoms with Gasteiger partial charge in [0.1, 0.15) is 0 Å². The van der Waals surface area contributed by atoms with Gasteiger partial charge in [0.25, 0.3) is 0 Å². The molecule has 3 N–H and O–H groups in total. The predicted molar refractivity (Wildman–Crippen MR) is 36.1 cm³/mol. The van der Waals surface area contributed by atoms with Crippen LogP contribution in [0.1, 0.15) is 12.8 Å². The molecule has 20 heavy (non-hydrogen) atoms. The van der Waals surface area contributed by atoms with Gasteiger partial charge in [0, 0.05) is 24.8 Å². The first kappa shape index (κ1) is 29.0. The Labute approximate surface area is 178 Å². The van der Waals surface area contributed by atoms with Crippen molar-refractivity contribution in [1.29, 1.82) is 0 Å². The molecule has 0 aromatic rings. The monoisotopic (exact) mass is 372 g/mol. The van der Waals surface area contributed by atoms with Crippen LogP contribution in [-0.4, -0.2) is 37.9 Å². The number of rotatable bonds is 5. The van der Waals surface area contributed by atoms with Crippen molar-refractivity contribution in [3.05, 3.63) is 0 Å². The van der Waals surface area contributed by atoms with Crippen LogP contribution in [0.15, 0.2) is 0 Å². The zero-order chi connectivity index (χ0) is 15.1. The molecule has 0 saturated carbocycles. The maximum atomic E-state index is 10.3. The quantitative estimate of drug-likeness (QED) is 0.386. The molecule has 0 spiro atoms. The Morgan fingerprint density at radius 3 is 1.30 bits per heavy atom. The summed E-state index contributed by atoms with van der Waals surface area (Å²) in [5.41, 5.74) is -2.86. The van der Waals surface area contributed by atoms with Gasteiger partial charge in [-0.1, -0.05) is 0 Å². The van der Waals surface area contributed by atoms with Crippen LogP contribution in [0.5, 0.6) is 0 Å². The molecule has 0 fully saturated rings. The molecule has 0 amide bonds. The molecule has 0 radical (unpaired) electrons. The molecule has 0 aliphatic heterocycles. The molecule has 14 heteroatoms. The summed E-state index contributed by atoms with van der Waals surface area (Å²) >= 11 is -5.38. The number of aliphatic hydroxyl groups is 1. The number of carbonyl (C=O) groups excluding carboxylic acids is 2. The molecule has 0 aromatic carbocycles. The van der Waals surface area contributed by atoms with E-state index < -0.39 is 49.3 Å². The summed E-state index contributed by atoms with van der Waals surface area (Å²) in [7, 11) is 0. The minimum absolute atomic E-state index is 0. The average molecular weight is 372 g/mol. The van der Waals surface area contributed by atoms with Gasteiger partial charge in [-0.15, -0.1) is 0 Å². The van der Waals surface area contributed by atoms with Crippen LogP contribution in [0.25, 0.3) is 0 Å². The van der Waals surface area contributed by atoms with E-state index in [2.05, 4.69) is 0 Å². The Bertz CT molecular complexity index is 462. The van der Waals surface area contributed by atoms with E-state index in [0.29, 0.717) is 0 Å². The van der Waals surface area contributed by atoms with Gasteiger partial charge in [-0.2, -0.15) is 0 Å². The van der Waals surface area contributed by atoms with Crippen molar-refractivity contribution in [2.45, 2.75) is 18.4 Å². The van der Waals surface area contributed by atoms with Crippen molar-refractivity contribution in [2.24, 2.45) is 0 Å². The standard InChI is InChI=1S/C6H8O7.K.Mn.Na.H2O.3O/c7-3(8)1-6(13,5(11)12)2-4(9)10;;;;;;;/h13H,1-2H2,(H,7,8)(H,9,10)(H,11,12);;;;1H2;;;/q;3*+1;;;;/p-3. The fraction of sp³-hybridized carbons (Fsp3) is 0.500. The average Bonchev–Trinajstić information content (AvgIpc) is 1.95. The van der Waals surface area contributed by atoms with E-state index in [1.165, 1.54) is 0 Å². The number of hydrogen-bond donors (Lipinski definition) is 3. The fourth-order valence-corrected chi connectivity index (χ4v) is 0.691. The summed E-state index contributed by atoms with van der Waals surface area (Å²) in [4.78, 5) is 30.2. The van der Waals surface area contributed by atoms with Crippen LogP contribution in [0.3, 0.4) is 0 Å². The Morgan fingerprint density at radius 2 is 1.20 bits per heavy atom. The molecule has 0 rings (SSSR count). The van der Waals surface area contributed by atoms with Crippen molar-refractivity contribution in [2.75, 3.05) is 0 Å². The Balaban J connectivity index is -0.000000158. The van der Waals surface area contributed by atoms with Gasteiger partial charge in [0.2, 0.25) is 0 Å². The van der Waals surface area contributed by atoms with Crippen LogP contribution in [0, 0.1) is 0 Å². The summed E-state index contributed by atoms with van der Waals surface area (Å²) in [6.45, 7) is 0. The van der Waals surface area contributed by atoms with E-state index in [0.717, 1.165) is 0 Å². The van der Waals surface area contributed by atoms with Crippen LogP contribution in [-0.2, 0) is 38.9 Å². The Kier molecular flexibility index (Phi) is 18.0. The third kappa shape index (κ3) is 21.2. The molecular formula is C6H7KMnNaO11. The van der Waals surface area contributed by atoms with E-state index in [1.54, 1.807) is 0 Å². The Morgan fingerprint density at radius 1 is 1.00 bits per heavy atom. The van der Waals surface area contributed by atoms with Crippen LogP contribution < -0.4 is 91.2 Å². The van der Waals surface area contributed by atoms with Gasteiger partial charge < -0.3 is 30.0 Å². The first-order chi connectivity index (χ1) is 7.78. The number of carboxylic acid groups (broad SMARTS) is 3. The summed E-state index contributed by atoms with van der Waals surface area (Å²) < 4.78 is 33.1. The van der Waals surface area contributed by atoms with Crippen molar-refractivity contribution in [3.8, 4) is 0 Å². The van der Waals surface area contributed by atoms with Gasteiger partial charge in [-0.05, 0) is 0 Å². The molecule has 0 unspecified atom stereocenters. The second-order valence-corrected chi connectivity index (χ2v) is 4.07. The number of carboxylic acids is 3. The third-order valence-corrected chi connectivity index (χ3v) is 1.27. The summed E-state index contributed by atoms with van der Waals surface area (Å²) in [6.07, 6.45) is -2.59. The molecule has 11 nitrogen and oxygen atoms in total. The van der Waals surface area contributed by atoms with E-state index in [-0.39, 0.29) is 80.9 Å². The first-order valence-corrected chi connectivity index (χ1v) is 5.74. The fourth-order valence-electron chi connectivity index (χ4n) is 0.691. The number of aliphatic carboxylic acids is 3. The Hall–Kier alpha value is 0.886. The SMILES string of the molecule is O=C([O-])CC(O)(CC(=O)[O-])C(=O)O.[K+].[Na+].[O]=[Mn](=[O])(=[O])[OH]. The van der Waals surface area contributed by atoms with Gasteiger partial charge in [0.15, 0.2) is 5.60 Å². The topological polar surface area (TPSA) is 209 Å². The third-order valence-electron chi connectivity index (χ3n) is 1.27. The van der Waals surface area contributed by atoms with Crippen molar-refractivity contribution in [3.63, 3.8) is 0 Å². The van der Waals surface area contributed by atoms with E-state index in [9.17, 15) is 24.6 Å².